The van der Waals surface area contributed by atoms with Gasteiger partial charge >= 0.3 is 0 Å². The summed E-state index contributed by atoms with van der Waals surface area (Å²) in [4.78, 5) is 0. The highest BCUT2D eigenvalue weighted by molar-refractivity contribution is 5.73. The SMILES string of the molecule is N#CC1=C(N)OC(c2ccccc2)=C(C#N)[C@@H]1c1ccccc1. The predicted octanol–water partition coefficient (Wildman–Crippen LogP) is 3.43. The van der Waals surface area contributed by atoms with Crippen molar-refractivity contribution in [1.82, 2.24) is 0 Å². The molecule has 0 spiro atoms. The van der Waals surface area contributed by atoms with Crippen LogP contribution in [0.4, 0.5) is 0 Å². The van der Waals surface area contributed by atoms with Gasteiger partial charge in [0.2, 0.25) is 5.88 Å². The Morgan fingerprint density at radius 3 is 1.96 bits per heavy atom. The van der Waals surface area contributed by atoms with E-state index in [4.69, 9.17) is 10.5 Å². The molecule has 4 heteroatoms. The number of ether oxygens (including phenoxy) is 1. The van der Waals surface area contributed by atoms with Gasteiger partial charge in [0.15, 0.2) is 5.76 Å². The van der Waals surface area contributed by atoms with E-state index in [0.29, 0.717) is 11.3 Å². The van der Waals surface area contributed by atoms with Crippen molar-refractivity contribution in [3.63, 3.8) is 0 Å². The molecular weight excluding hydrogens is 286 g/mol. The first kappa shape index (κ1) is 14.4. The highest BCUT2D eigenvalue weighted by Crippen LogP contribution is 2.41. The molecule has 1 aliphatic heterocycles. The van der Waals surface area contributed by atoms with Crippen molar-refractivity contribution in [2.24, 2.45) is 5.73 Å². The van der Waals surface area contributed by atoms with Crippen molar-refractivity contribution in [1.29, 1.82) is 10.5 Å². The number of allylic oxidation sites excluding steroid dienone is 2. The van der Waals surface area contributed by atoms with Gasteiger partial charge in [0.25, 0.3) is 0 Å². The van der Waals surface area contributed by atoms with Crippen LogP contribution in [0, 0.1) is 22.7 Å². The molecule has 4 nitrogen and oxygen atoms in total. The van der Waals surface area contributed by atoms with E-state index in [1.165, 1.54) is 0 Å². The lowest BCUT2D eigenvalue weighted by Gasteiger charge is -2.26. The zero-order chi connectivity index (χ0) is 16.2. The molecule has 0 aliphatic carbocycles. The minimum absolute atomic E-state index is 0.0409. The minimum atomic E-state index is -0.518. The fourth-order valence-electron chi connectivity index (χ4n) is 2.66. The third-order valence-corrected chi connectivity index (χ3v) is 3.71. The Morgan fingerprint density at radius 2 is 1.39 bits per heavy atom. The molecule has 0 bridgehead atoms. The van der Waals surface area contributed by atoms with Gasteiger partial charge in [0, 0.05) is 5.56 Å². The Hall–Kier alpha value is -3.50. The average Bonchev–Trinajstić information content (AvgIpc) is 2.62. The second-order valence-electron chi connectivity index (χ2n) is 5.06. The lowest BCUT2D eigenvalue weighted by molar-refractivity contribution is 0.357. The Kier molecular flexibility index (Phi) is 3.82. The van der Waals surface area contributed by atoms with E-state index in [1.807, 2.05) is 60.7 Å². The Labute approximate surface area is 134 Å². The van der Waals surface area contributed by atoms with E-state index in [1.54, 1.807) is 0 Å². The molecular formula is C19H13N3O. The molecule has 1 atom stereocenters. The third-order valence-electron chi connectivity index (χ3n) is 3.71. The van der Waals surface area contributed by atoms with E-state index in [9.17, 15) is 10.5 Å². The fraction of sp³-hybridized carbons (Fsp3) is 0.0526. The monoisotopic (exact) mass is 299 g/mol. The zero-order valence-electron chi connectivity index (χ0n) is 12.2. The second kappa shape index (κ2) is 6.09. The molecule has 23 heavy (non-hydrogen) atoms. The second-order valence-corrected chi connectivity index (χ2v) is 5.06. The van der Waals surface area contributed by atoms with Crippen LogP contribution in [-0.4, -0.2) is 0 Å². The van der Waals surface area contributed by atoms with Crippen molar-refractivity contribution < 1.29 is 4.74 Å². The van der Waals surface area contributed by atoms with Gasteiger partial charge in [-0.1, -0.05) is 60.7 Å². The van der Waals surface area contributed by atoms with Crippen molar-refractivity contribution in [3.8, 4) is 12.1 Å². The van der Waals surface area contributed by atoms with Crippen LogP contribution < -0.4 is 5.73 Å². The molecule has 0 saturated heterocycles. The van der Waals surface area contributed by atoms with Crippen LogP contribution in [0.1, 0.15) is 17.0 Å². The van der Waals surface area contributed by atoms with Crippen molar-refractivity contribution in [2.75, 3.05) is 0 Å². The summed E-state index contributed by atoms with van der Waals surface area (Å²) in [7, 11) is 0. The molecule has 0 unspecified atom stereocenters. The number of nitrogens with zero attached hydrogens (tertiary/aromatic N) is 2. The lowest BCUT2D eigenvalue weighted by Crippen LogP contribution is -2.20. The van der Waals surface area contributed by atoms with Crippen LogP contribution >= 0.6 is 0 Å². The van der Waals surface area contributed by atoms with Gasteiger partial charge in [0.05, 0.1) is 17.6 Å². The van der Waals surface area contributed by atoms with Crippen LogP contribution in [0.15, 0.2) is 77.7 Å². The first-order chi connectivity index (χ1) is 11.3. The van der Waals surface area contributed by atoms with E-state index in [0.717, 1.165) is 11.1 Å². The number of benzene rings is 2. The van der Waals surface area contributed by atoms with E-state index in [-0.39, 0.29) is 11.5 Å². The first-order valence-electron chi connectivity index (χ1n) is 7.08. The van der Waals surface area contributed by atoms with Gasteiger partial charge in [-0.2, -0.15) is 10.5 Å². The number of nitrogens with two attached hydrogens (primary N) is 1. The molecule has 3 rings (SSSR count). The average molecular weight is 299 g/mol. The third kappa shape index (κ3) is 2.54. The highest BCUT2D eigenvalue weighted by atomic mass is 16.5. The summed E-state index contributed by atoms with van der Waals surface area (Å²) in [6.45, 7) is 0. The molecule has 0 amide bonds. The summed E-state index contributed by atoms with van der Waals surface area (Å²) in [5, 5.41) is 19.2. The summed E-state index contributed by atoms with van der Waals surface area (Å²) in [5.74, 6) is -0.0761. The molecule has 2 aromatic rings. The standard InChI is InChI=1S/C19H13N3O/c20-11-15-17(13-7-3-1-4-8-13)16(12-21)19(22)23-18(15)14-9-5-2-6-10-14/h1-10,17H,22H2/t17-/m0/s1. The summed E-state index contributed by atoms with van der Waals surface area (Å²) >= 11 is 0. The van der Waals surface area contributed by atoms with Crippen LogP contribution in [0.3, 0.4) is 0 Å². The molecule has 0 radical (unpaired) electrons. The molecule has 0 fully saturated rings. The maximum atomic E-state index is 9.69. The summed E-state index contributed by atoms with van der Waals surface area (Å²) in [5.41, 5.74) is 8.18. The molecule has 2 N–H and O–H groups in total. The summed E-state index contributed by atoms with van der Waals surface area (Å²) in [6, 6.07) is 22.9. The molecule has 0 aromatic heterocycles. The molecule has 2 aromatic carbocycles. The van der Waals surface area contributed by atoms with Gasteiger partial charge in [-0.3, -0.25) is 0 Å². The largest absolute Gasteiger partial charge is 0.439 e. The zero-order valence-corrected chi connectivity index (χ0v) is 12.2. The van der Waals surface area contributed by atoms with Crippen LogP contribution in [0.2, 0.25) is 0 Å². The highest BCUT2D eigenvalue weighted by Gasteiger charge is 2.33. The summed E-state index contributed by atoms with van der Waals surface area (Å²) < 4.78 is 5.62. The topological polar surface area (TPSA) is 82.8 Å². The normalized spacial score (nSPS) is 17.2. The van der Waals surface area contributed by atoms with Gasteiger partial charge in [-0.15, -0.1) is 0 Å². The molecule has 1 aliphatic rings. The van der Waals surface area contributed by atoms with Crippen molar-refractivity contribution >= 4 is 5.76 Å². The van der Waals surface area contributed by atoms with Crippen molar-refractivity contribution in [3.05, 3.63) is 88.8 Å². The maximum absolute atomic E-state index is 9.69. The Bertz CT molecular complexity index is 868. The van der Waals surface area contributed by atoms with Crippen LogP contribution in [0.25, 0.3) is 5.76 Å². The van der Waals surface area contributed by atoms with Gasteiger partial charge < -0.3 is 10.5 Å². The van der Waals surface area contributed by atoms with E-state index < -0.39 is 5.92 Å². The van der Waals surface area contributed by atoms with Crippen LogP contribution in [-0.2, 0) is 4.74 Å². The van der Waals surface area contributed by atoms with Gasteiger partial charge in [0.1, 0.15) is 11.6 Å². The smallest absolute Gasteiger partial charge is 0.205 e. The van der Waals surface area contributed by atoms with E-state index in [2.05, 4.69) is 12.1 Å². The predicted molar refractivity (Wildman–Crippen MR) is 86.1 cm³/mol. The van der Waals surface area contributed by atoms with Crippen LogP contribution in [0.5, 0.6) is 0 Å². The molecule has 0 saturated carbocycles. The van der Waals surface area contributed by atoms with Gasteiger partial charge in [-0.25, -0.2) is 0 Å². The van der Waals surface area contributed by atoms with Gasteiger partial charge in [-0.05, 0) is 5.56 Å². The summed E-state index contributed by atoms with van der Waals surface area (Å²) in [6.07, 6.45) is 0. The quantitative estimate of drug-likeness (QED) is 0.920. The Balaban J connectivity index is 2.23. The molecule has 110 valence electrons. The fourth-order valence-corrected chi connectivity index (χ4v) is 2.66. The number of rotatable bonds is 2. The number of nitriles is 2. The lowest BCUT2D eigenvalue weighted by atomic mass is 9.83. The number of hydrogen-bond acceptors (Lipinski definition) is 4. The minimum Gasteiger partial charge on any atom is -0.439 e. The number of hydrogen-bond donors (Lipinski definition) is 1. The maximum Gasteiger partial charge on any atom is 0.205 e. The Morgan fingerprint density at radius 1 is 0.826 bits per heavy atom. The molecule has 1 heterocycles. The first-order valence-corrected chi connectivity index (χ1v) is 7.08. The van der Waals surface area contributed by atoms with E-state index >= 15 is 0 Å². The van der Waals surface area contributed by atoms with Crippen molar-refractivity contribution in [2.45, 2.75) is 5.92 Å².